The first kappa shape index (κ1) is 13.4. The summed E-state index contributed by atoms with van der Waals surface area (Å²) in [5.74, 6) is -0.268. The van der Waals surface area contributed by atoms with Crippen LogP contribution in [0.1, 0.15) is 50.7 Å². The van der Waals surface area contributed by atoms with E-state index in [1.165, 1.54) is 17.5 Å². The quantitative estimate of drug-likeness (QED) is 0.596. The fourth-order valence-electron chi connectivity index (χ4n) is 3.87. The van der Waals surface area contributed by atoms with Crippen molar-refractivity contribution < 1.29 is 9.53 Å². The lowest BCUT2D eigenvalue weighted by Crippen LogP contribution is -2.53. The first-order chi connectivity index (χ1) is 9.48. The number of hydrogen-bond acceptors (Lipinski definition) is 2. The molecule has 1 unspecified atom stereocenters. The Balaban J connectivity index is 2.07. The number of benzene rings is 1. The Morgan fingerprint density at radius 3 is 2.55 bits per heavy atom. The van der Waals surface area contributed by atoms with E-state index >= 15 is 0 Å². The van der Waals surface area contributed by atoms with Gasteiger partial charge in [-0.2, -0.15) is 0 Å². The molecule has 1 aromatic rings. The van der Waals surface area contributed by atoms with E-state index in [1.54, 1.807) is 6.92 Å². The molecule has 0 N–H and O–H groups in total. The van der Waals surface area contributed by atoms with Crippen LogP contribution in [-0.4, -0.2) is 5.97 Å². The molecule has 3 rings (SSSR count). The predicted octanol–water partition coefficient (Wildman–Crippen LogP) is 4.14. The van der Waals surface area contributed by atoms with E-state index in [4.69, 9.17) is 4.74 Å². The van der Waals surface area contributed by atoms with Crippen molar-refractivity contribution in [2.24, 2.45) is 5.41 Å². The lowest BCUT2D eigenvalue weighted by molar-refractivity contribution is -0.189. The van der Waals surface area contributed by atoms with Crippen LogP contribution >= 0.6 is 0 Å². The largest absolute Gasteiger partial charge is 0.451 e. The molecule has 0 saturated heterocycles. The Kier molecular flexibility index (Phi) is 3.00. The molecule has 0 bridgehead atoms. The molecule has 0 aromatic heterocycles. The second kappa shape index (κ2) is 4.47. The van der Waals surface area contributed by atoms with E-state index in [9.17, 15) is 4.79 Å². The maximum Gasteiger partial charge on any atom is 0.334 e. The van der Waals surface area contributed by atoms with E-state index < -0.39 is 5.60 Å². The minimum Gasteiger partial charge on any atom is -0.451 e. The van der Waals surface area contributed by atoms with Crippen LogP contribution in [0.15, 0.2) is 36.4 Å². The minimum absolute atomic E-state index is 0.131. The zero-order valence-electron chi connectivity index (χ0n) is 12.4. The van der Waals surface area contributed by atoms with Crippen LogP contribution in [0.25, 0.3) is 0 Å². The van der Waals surface area contributed by atoms with Crippen molar-refractivity contribution in [1.82, 2.24) is 0 Å². The third kappa shape index (κ3) is 1.74. The number of esters is 1. The molecule has 1 fully saturated rings. The van der Waals surface area contributed by atoms with E-state index in [0.717, 1.165) is 25.7 Å². The summed E-state index contributed by atoms with van der Waals surface area (Å²) in [6.07, 6.45) is 5.76. The molecule has 2 aliphatic rings. The van der Waals surface area contributed by atoms with Crippen LogP contribution in [0, 0.1) is 5.41 Å². The first-order valence-electron chi connectivity index (χ1n) is 7.46. The highest BCUT2D eigenvalue weighted by Crippen LogP contribution is 2.61. The van der Waals surface area contributed by atoms with Gasteiger partial charge in [-0.1, -0.05) is 37.3 Å². The molecule has 2 nitrogen and oxygen atoms in total. The standard InChI is InChI=1S/C18H22O2/c1-13(2)16(19)20-17(3)15-8-5-4-7-14(15)9-12-18(17)10-6-11-18/h4-5,7-8H,1,6,9-12H2,2-3H3. The van der Waals surface area contributed by atoms with Crippen molar-refractivity contribution in [3.8, 4) is 0 Å². The Labute approximate surface area is 120 Å². The highest BCUT2D eigenvalue weighted by molar-refractivity contribution is 5.87. The van der Waals surface area contributed by atoms with Crippen LogP contribution in [0.4, 0.5) is 0 Å². The van der Waals surface area contributed by atoms with Gasteiger partial charge in [-0.3, -0.25) is 0 Å². The molecule has 0 aliphatic heterocycles. The van der Waals surface area contributed by atoms with Crippen molar-refractivity contribution in [3.63, 3.8) is 0 Å². The van der Waals surface area contributed by atoms with Gasteiger partial charge in [0.25, 0.3) is 0 Å². The molecule has 2 heteroatoms. The van der Waals surface area contributed by atoms with Gasteiger partial charge in [0.15, 0.2) is 0 Å². The summed E-state index contributed by atoms with van der Waals surface area (Å²) in [6, 6.07) is 8.40. The average Bonchev–Trinajstić information content (AvgIpc) is 2.37. The number of hydrogen-bond donors (Lipinski definition) is 0. The zero-order valence-corrected chi connectivity index (χ0v) is 12.4. The third-order valence-electron chi connectivity index (χ3n) is 5.37. The second-order valence-electron chi connectivity index (χ2n) is 6.49. The summed E-state index contributed by atoms with van der Waals surface area (Å²) in [6.45, 7) is 7.54. The van der Waals surface area contributed by atoms with Crippen molar-refractivity contribution in [2.45, 2.75) is 51.6 Å². The van der Waals surface area contributed by atoms with Gasteiger partial charge in [0.2, 0.25) is 0 Å². The van der Waals surface area contributed by atoms with Gasteiger partial charge in [0.1, 0.15) is 5.60 Å². The Hall–Kier alpha value is -1.57. The number of aryl methyl sites for hydroxylation is 1. The summed E-state index contributed by atoms with van der Waals surface area (Å²) in [4.78, 5) is 12.1. The fourth-order valence-corrected chi connectivity index (χ4v) is 3.87. The van der Waals surface area contributed by atoms with Crippen molar-refractivity contribution in [2.75, 3.05) is 0 Å². The Morgan fingerprint density at radius 1 is 1.25 bits per heavy atom. The maximum absolute atomic E-state index is 12.1. The third-order valence-corrected chi connectivity index (χ3v) is 5.37. The molecule has 2 aliphatic carbocycles. The summed E-state index contributed by atoms with van der Waals surface area (Å²) >= 11 is 0. The molecule has 1 saturated carbocycles. The van der Waals surface area contributed by atoms with Crippen LogP contribution in [0.5, 0.6) is 0 Å². The van der Waals surface area contributed by atoms with Gasteiger partial charge in [-0.25, -0.2) is 4.79 Å². The number of ether oxygens (including phenoxy) is 1. The molecule has 1 aromatic carbocycles. The van der Waals surface area contributed by atoms with Gasteiger partial charge in [0, 0.05) is 11.0 Å². The summed E-state index contributed by atoms with van der Waals surface area (Å²) in [5, 5.41) is 0. The van der Waals surface area contributed by atoms with Crippen molar-refractivity contribution in [3.05, 3.63) is 47.5 Å². The van der Waals surface area contributed by atoms with Gasteiger partial charge < -0.3 is 4.74 Å². The zero-order chi connectivity index (χ0) is 14.4. The molecule has 0 radical (unpaired) electrons. The summed E-state index contributed by atoms with van der Waals surface area (Å²) in [7, 11) is 0. The molecular formula is C18H22O2. The van der Waals surface area contributed by atoms with Crippen LogP contribution < -0.4 is 0 Å². The first-order valence-corrected chi connectivity index (χ1v) is 7.46. The molecule has 0 heterocycles. The van der Waals surface area contributed by atoms with E-state index in [0.29, 0.717) is 5.57 Å². The summed E-state index contributed by atoms with van der Waals surface area (Å²) in [5.41, 5.74) is 2.62. The summed E-state index contributed by atoms with van der Waals surface area (Å²) < 4.78 is 5.99. The van der Waals surface area contributed by atoms with Crippen LogP contribution in [-0.2, 0) is 21.6 Å². The lowest BCUT2D eigenvalue weighted by atomic mass is 9.52. The van der Waals surface area contributed by atoms with Crippen LogP contribution in [0.2, 0.25) is 0 Å². The van der Waals surface area contributed by atoms with E-state index in [1.807, 2.05) is 6.07 Å². The van der Waals surface area contributed by atoms with Gasteiger partial charge in [0.05, 0.1) is 0 Å². The SMILES string of the molecule is C=C(C)C(=O)OC1(C)c2ccccc2CCC12CCC2. The Bertz CT molecular complexity index is 569. The smallest absolute Gasteiger partial charge is 0.334 e. The number of rotatable bonds is 2. The second-order valence-corrected chi connectivity index (χ2v) is 6.49. The van der Waals surface area contributed by atoms with E-state index in [2.05, 4.69) is 31.7 Å². The highest BCUT2D eigenvalue weighted by Gasteiger charge is 2.57. The number of carbonyl (C=O) groups is 1. The fraction of sp³-hybridized carbons (Fsp3) is 0.500. The maximum atomic E-state index is 12.1. The molecule has 1 atom stereocenters. The average molecular weight is 270 g/mol. The molecular weight excluding hydrogens is 248 g/mol. The van der Waals surface area contributed by atoms with Crippen molar-refractivity contribution in [1.29, 1.82) is 0 Å². The molecule has 106 valence electrons. The highest BCUT2D eigenvalue weighted by atomic mass is 16.6. The van der Waals surface area contributed by atoms with Crippen LogP contribution in [0.3, 0.4) is 0 Å². The predicted molar refractivity (Wildman–Crippen MR) is 79.3 cm³/mol. The lowest BCUT2D eigenvalue weighted by Gasteiger charge is -2.56. The minimum atomic E-state index is -0.504. The number of fused-ring (bicyclic) bond motifs is 1. The van der Waals surface area contributed by atoms with Gasteiger partial charge >= 0.3 is 5.97 Å². The molecule has 20 heavy (non-hydrogen) atoms. The van der Waals surface area contributed by atoms with Gasteiger partial charge in [-0.05, 0) is 50.7 Å². The molecule has 0 amide bonds. The van der Waals surface area contributed by atoms with Crippen molar-refractivity contribution >= 4 is 5.97 Å². The van der Waals surface area contributed by atoms with Gasteiger partial charge in [-0.15, -0.1) is 0 Å². The monoisotopic (exact) mass is 270 g/mol. The number of carbonyl (C=O) groups excluding carboxylic acids is 1. The normalized spacial score (nSPS) is 26.5. The topological polar surface area (TPSA) is 26.3 Å². The Morgan fingerprint density at radius 2 is 1.95 bits per heavy atom. The molecule has 1 spiro atoms. The van der Waals surface area contributed by atoms with E-state index in [-0.39, 0.29) is 11.4 Å².